The Morgan fingerprint density at radius 2 is 2.22 bits per heavy atom. The monoisotopic (exact) mass is 152 g/mol. The Morgan fingerprint density at radius 3 is 2.56 bits per heavy atom. The average Bonchev–Trinajstić information content (AvgIpc) is 1.78. The van der Waals surface area contributed by atoms with Crippen molar-refractivity contribution in [2.24, 2.45) is 0 Å². The standard InChI is InChI=1S/C4H8O4S/c5-4-1-2-9(6,7)8-3-4/h4-5H,1-3H2. The fourth-order valence-electron chi connectivity index (χ4n) is 0.605. The van der Waals surface area contributed by atoms with Crippen LogP contribution in [0.15, 0.2) is 0 Å². The number of aliphatic hydroxyl groups excluding tert-OH is 1. The first-order valence-electron chi connectivity index (χ1n) is 2.65. The summed E-state index contributed by atoms with van der Waals surface area (Å²) in [6.45, 7) is -0.0810. The van der Waals surface area contributed by atoms with E-state index in [1.54, 1.807) is 0 Å². The van der Waals surface area contributed by atoms with Crippen molar-refractivity contribution in [1.29, 1.82) is 0 Å². The van der Waals surface area contributed by atoms with Gasteiger partial charge in [0.1, 0.15) is 0 Å². The molecule has 1 atom stereocenters. The molecular weight excluding hydrogens is 144 g/mol. The van der Waals surface area contributed by atoms with Crippen LogP contribution < -0.4 is 0 Å². The molecule has 54 valence electrons. The normalized spacial score (nSPS) is 34.1. The summed E-state index contributed by atoms with van der Waals surface area (Å²) in [7, 11) is -3.28. The Morgan fingerprint density at radius 1 is 1.56 bits per heavy atom. The van der Waals surface area contributed by atoms with Crippen LogP contribution in [0.4, 0.5) is 0 Å². The molecular formula is C4H8O4S. The van der Waals surface area contributed by atoms with Crippen molar-refractivity contribution in [3.05, 3.63) is 0 Å². The molecule has 0 aromatic heterocycles. The molecule has 0 radical (unpaired) electrons. The molecule has 0 bridgehead atoms. The highest BCUT2D eigenvalue weighted by Crippen LogP contribution is 2.07. The molecule has 0 amide bonds. The molecule has 0 saturated carbocycles. The minimum Gasteiger partial charge on any atom is -0.391 e. The van der Waals surface area contributed by atoms with Crippen molar-refractivity contribution in [3.8, 4) is 0 Å². The molecule has 1 unspecified atom stereocenters. The van der Waals surface area contributed by atoms with E-state index in [0.29, 0.717) is 6.42 Å². The van der Waals surface area contributed by atoms with Crippen LogP contribution in [0.1, 0.15) is 6.42 Å². The van der Waals surface area contributed by atoms with E-state index in [1.807, 2.05) is 0 Å². The molecule has 1 saturated heterocycles. The van der Waals surface area contributed by atoms with Gasteiger partial charge in [0.25, 0.3) is 10.1 Å². The van der Waals surface area contributed by atoms with E-state index < -0.39 is 16.2 Å². The summed E-state index contributed by atoms with van der Waals surface area (Å²) < 4.78 is 25.2. The summed E-state index contributed by atoms with van der Waals surface area (Å²) in [5.74, 6) is -0.0613. The van der Waals surface area contributed by atoms with Gasteiger partial charge in [-0.2, -0.15) is 8.42 Å². The van der Waals surface area contributed by atoms with Crippen LogP contribution in [0.25, 0.3) is 0 Å². The van der Waals surface area contributed by atoms with Crippen molar-refractivity contribution in [2.45, 2.75) is 12.5 Å². The predicted octanol–water partition coefficient (Wildman–Crippen LogP) is -0.903. The van der Waals surface area contributed by atoms with Gasteiger partial charge in [-0.05, 0) is 6.42 Å². The third-order valence-corrected chi connectivity index (χ3v) is 2.37. The number of hydrogen-bond donors (Lipinski definition) is 1. The Balaban J connectivity index is 2.55. The van der Waals surface area contributed by atoms with Crippen LogP contribution in [0.3, 0.4) is 0 Å². The van der Waals surface area contributed by atoms with E-state index in [2.05, 4.69) is 4.18 Å². The van der Waals surface area contributed by atoms with Crippen molar-refractivity contribution in [3.63, 3.8) is 0 Å². The van der Waals surface area contributed by atoms with Crippen molar-refractivity contribution in [1.82, 2.24) is 0 Å². The Hall–Kier alpha value is -0.130. The molecule has 1 heterocycles. The van der Waals surface area contributed by atoms with Gasteiger partial charge in [-0.25, -0.2) is 0 Å². The summed E-state index contributed by atoms with van der Waals surface area (Å²) in [4.78, 5) is 0. The lowest BCUT2D eigenvalue weighted by Gasteiger charge is -2.15. The first-order chi connectivity index (χ1) is 4.10. The molecule has 0 spiro atoms. The summed E-state index contributed by atoms with van der Waals surface area (Å²) in [6.07, 6.45) is -0.309. The minimum absolute atomic E-state index is 0.0613. The molecule has 1 aliphatic heterocycles. The highest BCUT2D eigenvalue weighted by molar-refractivity contribution is 7.86. The van der Waals surface area contributed by atoms with Gasteiger partial charge in [-0.1, -0.05) is 0 Å². The quantitative estimate of drug-likeness (QED) is 0.457. The molecule has 1 rings (SSSR count). The van der Waals surface area contributed by atoms with Gasteiger partial charge >= 0.3 is 0 Å². The second kappa shape index (κ2) is 2.24. The molecule has 0 aromatic rings. The summed E-state index contributed by atoms with van der Waals surface area (Å²) in [6, 6.07) is 0. The topological polar surface area (TPSA) is 63.6 Å². The molecule has 1 aliphatic rings. The molecule has 4 nitrogen and oxygen atoms in total. The fraction of sp³-hybridized carbons (Fsp3) is 1.00. The Kier molecular flexibility index (Phi) is 1.74. The second-order valence-corrected chi connectivity index (χ2v) is 3.75. The maximum absolute atomic E-state index is 10.5. The number of rotatable bonds is 0. The molecule has 1 N–H and O–H groups in total. The predicted molar refractivity (Wildman–Crippen MR) is 30.4 cm³/mol. The summed E-state index contributed by atoms with van der Waals surface area (Å²) >= 11 is 0. The lowest BCUT2D eigenvalue weighted by Crippen LogP contribution is -2.29. The lowest BCUT2D eigenvalue weighted by molar-refractivity contribution is 0.0944. The highest BCUT2D eigenvalue weighted by Gasteiger charge is 2.21. The molecule has 5 heteroatoms. The molecule has 0 aromatic carbocycles. The van der Waals surface area contributed by atoms with E-state index >= 15 is 0 Å². The zero-order valence-corrected chi connectivity index (χ0v) is 5.60. The van der Waals surface area contributed by atoms with Crippen LogP contribution >= 0.6 is 0 Å². The van der Waals surface area contributed by atoms with Crippen LogP contribution in [-0.2, 0) is 14.3 Å². The molecule has 9 heavy (non-hydrogen) atoms. The van der Waals surface area contributed by atoms with Gasteiger partial charge in [0.2, 0.25) is 0 Å². The highest BCUT2D eigenvalue weighted by atomic mass is 32.2. The van der Waals surface area contributed by atoms with Gasteiger partial charge in [0.15, 0.2) is 0 Å². The van der Waals surface area contributed by atoms with Crippen LogP contribution in [0, 0.1) is 0 Å². The Labute approximate surface area is 53.6 Å². The fourth-order valence-corrected chi connectivity index (χ4v) is 1.65. The average molecular weight is 152 g/mol. The maximum atomic E-state index is 10.5. The van der Waals surface area contributed by atoms with Gasteiger partial charge in [0.05, 0.1) is 18.5 Å². The van der Waals surface area contributed by atoms with Gasteiger partial charge in [-0.3, -0.25) is 4.18 Å². The van der Waals surface area contributed by atoms with Crippen LogP contribution in [0.5, 0.6) is 0 Å². The van der Waals surface area contributed by atoms with Gasteiger partial charge in [-0.15, -0.1) is 0 Å². The lowest BCUT2D eigenvalue weighted by atomic mass is 10.3. The van der Waals surface area contributed by atoms with Crippen LogP contribution in [-0.4, -0.2) is 32.0 Å². The van der Waals surface area contributed by atoms with Crippen LogP contribution in [0.2, 0.25) is 0 Å². The third-order valence-electron chi connectivity index (χ3n) is 1.14. The zero-order valence-electron chi connectivity index (χ0n) is 4.78. The number of hydrogen-bond acceptors (Lipinski definition) is 4. The van der Waals surface area contributed by atoms with Gasteiger partial charge in [0, 0.05) is 0 Å². The Bertz CT molecular complexity index is 169. The SMILES string of the molecule is O=S1(=O)CCC(O)CO1. The molecule has 0 aliphatic carbocycles. The zero-order chi connectivity index (χ0) is 6.91. The third kappa shape index (κ3) is 1.92. The maximum Gasteiger partial charge on any atom is 0.267 e. The smallest absolute Gasteiger partial charge is 0.267 e. The summed E-state index contributed by atoms with van der Waals surface area (Å²) in [5.41, 5.74) is 0. The first kappa shape index (κ1) is 6.98. The van der Waals surface area contributed by atoms with E-state index in [0.717, 1.165) is 0 Å². The second-order valence-electron chi connectivity index (χ2n) is 1.99. The van der Waals surface area contributed by atoms with E-state index in [4.69, 9.17) is 5.11 Å². The van der Waals surface area contributed by atoms with Crippen molar-refractivity contribution >= 4 is 10.1 Å². The number of aliphatic hydroxyl groups is 1. The van der Waals surface area contributed by atoms with E-state index in [1.165, 1.54) is 0 Å². The minimum atomic E-state index is -3.28. The van der Waals surface area contributed by atoms with Gasteiger partial charge < -0.3 is 5.11 Å². The summed E-state index contributed by atoms with van der Waals surface area (Å²) in [5, 5.41) is 8.75. The first-order valence-corrected chi connectivity index (χ1v) is 4.23. The molecule has 1 fully saturated rings. The van der Waals surface area contributed by atoms with E-state index in [9.17, 15) is 8.42 Å². The largest absolute Gasteiger partial charge is 0.391 e. The van der Waals surface area contributed by atoms with Crippen molar-refractivity contribution in [2.75, 3.05) is 12.4 Å². The van der Waals surface area contributed by atoms with Crippen molar-refractivity contribution < 1.29 is 17.7 Å². The van der Waals surface area contributed by atoms with E-state index in [-0.39, 0.29) is 12.4 Å².